The molecular formula is C22H25N3O4. The molecule has 0 fully saturated rings. The van der Waals surface area contributed by atoms with Crippen LogP contribution in [0.25, 0.3) is 0 Å². The van der Waals surface area contributed by atoms with Crippen molar-refractivity contribution < 1.29 is 19.1 Å². The van der Waals surface area contributed by atoms with Crippen molar-refractivity contribution >= 4 is 17.6 Å². The van der Waals surface area contributed by atoms with Crippen LogP contribution in [-0.4, -0.2) is 38.1 Å². The molecule has 0 spiro atoms. The molecule has 0 saturated heterocycles. The van der Waals surface area contributed by atoms with Gasteiger partial charge in [-0.3, -0.25) is 4.79 Å². The second kappa shape index (κ2) is 8.26. The van der Waals surface area contributed by atoms with Gasteiger partial charge in [0.1, 0.15) is 0 Å². The van der Waals surface area contributed by atoms with Crippen LogP contribution in [0.15, 0.2) is 53.7 Å². The van der Waals surface area contributed by atoms with E-state index in [0.717, 1.165) is 5.56 Å². The summed E-state index contributed by atoms with van der Waals surface area (Å²) in [4.78, 5) is 27.1. The second-order valence-corrected chi connectivity index (χ2v) is 6.84. The van der Waals surface area contributed by atoms with E-state index in [0.29, 0.717) is 34.0 Å². The summed E-state index contributed by atoms with van der Waals surface area (Å²) >= 11 is 0. The first kappa shape index (κ1) is 20.3. The number of amides is 3. The van der Waals surface area contributed by atoms with Crippen molar-refractivity contribution in [1.82, 2.24) is 10.2 Å². The molecule has 2 aromatic carbocycles. The number of hydrogen-bond donors (Lipinski definition) is 2. The Morgan fingerprint density at radius 1 is 1.07 bits per heavy atom. The highest BCUT2D eigenvalue weighted by molar-refractivity contribution is 6.06. The molecule has 152 valence electrons. The number of allylic oxidation sites excluding steroid dienone is 1. The molecule has 1 aliphatic heterocycles. The van der Waals surface area contributed by atoms with Crippen LogP contribution in [0.2, 0.25) is 0 Å². The summed E-state index contributed by atoms with van der Waals surface area (Å²) in [7, 11) is 4.70. The van der Waals surface area contributed by atoms with Crippen molar-refractivity contribution in [3.8, 4) is 11.5 Å². The van der Waals surface area contributed by atoms with Crippen molar-refractivity contribution in [3.63, 3.8) is 0 Å². The van der Waals surface area contributed by atoms with Gasteiger partial charge in [-0.05, 0) is 32.0 Å². The number of methoxy groups -OCH3 is 2. The highest BCUT2D eigenvalue weighted by Gasteiger charge is 2.36. The van der Waals surface area contributed by atoms with E-state index in [-0.39, 0.29) is 11.9 Å². The number of anilines is 1. The van der Waals surface area contributed by atoms with Gasteiger partial charge in [-0.2, -0.15) is 0 Å². The Kier molecular flexibility index (Phi) is 5.77. The molecule has 0 saturated carbocycles. The van der Waals surface area contributed by atoms with Crippen LogP contribution in [0, 0.1) is 6.92 Å². The van der Waals surface area contributed by atoms with Crippen LogP contribution in [0.4, 0.5) is 10.5 Å². The summed E-state index contributed by atoms with van der Waals surface area (Å²) in [6, 6.07) is 11.9. The first-order valence-corrected chi connectivity index (χ1v) is 9.21. The molecule has 7 nitrogen and oxygen atoms in total. The lowest BCUT2D eigenvalue weighted by molar-refractivity contribution is -0.113. The number of para-hydroxylation sites is 1. The third kappa shape index (κ3) is 3.89. The van der Waals surface area contributed by atoms with Crippen LogP contribution >= 0.6 is 0 Å². The van der Waals surface area contributed by atoms with Gasteiger partial charge in [-0.25, -0.2) is 4.79 Å². The Morgan fingerprint density at radius 3 is 2.38 bits per heavy atom. The highest BCUT2D eigenvalue weighted by atomic mass is 16.5. The summed E-state index contributed by atoms with van der Waals surface area (Å²) in [6.07, 6.45) is 0. The lowest BCUT2D eigenvalue weighted by atomic mass is 9.93. The Bertz CT molecular complexity index is 967. The van der Waals surface area contributed by atoms with Gasteiger partial charge in [0, 0.05) is 24.0 Å². The van der Waals surface area contributed by atoms with Crippen LogP contribution in [0.1, 0.15) is 24.1 Å². The van der Waals surface area contributed by atoms with Gasteiger partial charge in [-0.1, -0.05) is 29.8 Å². The smallest absolute Gasteiger partial charge is 0.322 e. The lowest BCUT2D eigenvalue weighted by Gasteiger charge is -2.34. The quantitative estimate of drug-likeness (QED) is 0.810. The minimum absolute atomic E-state index is 0.298. The number of benzene rings is 2. The Labute approximate surface area is 170 Å². The third-order valence-electron chi connectivity index (χ3n) is 5.05. The fraction of sp³-hybridized carbons (Fsp3) is 0.273. The van der Waals surface area contributed by atoms with Gasteiger partial charge >= 0.3 is 6.03 Å². The molecule has 2 aromatic rings. The monoisotopic (exact) mass is 395 g/mol. The van der Waals surface area contributed by atoms with Crippen molar-refractivity contribution in [1.29, 1.82) is 0 Å². The van der Waals surface area contributed by atoms with Crippen LogP contribution in [-0.2, 0) is 4.79 Å². The average Bonchev–Trinajstić information content (AvgIpc) is 2.72. The number of aryl methyl sites for hydroxylation is 1. The molecule has 0 radical (unpaired) electrons. The maximum Gasteiger partial charge on any atom is 0.322 e. The minimum atomic E-state index is -0.686. The van der Waals surface area contributed by atoms with E-state index < -0.39 is 6.04 Å². The predicted octanol–water partition coefficient (Wildman–Crippen LogP) is 3.62. The lowest BCUT2D eigenvalue weighted by Crippen LogP contribution is -2.46. The number of hydrogen-bond acceptors (Lipinski definition) is 4. The highest BCUT2D eigenvalue weighted by Crippen LogP contribution is 2.40. The van der Waals surface area contributed by atoms with Gasteiger partial charge in [0.15, 0.2) is 11.5 Å². The largest absolute Gasteiger partial charge is 0.493 e. The van der Waals surface area contributed by atoms with Crippen molar-refractivity contribution in [2.75, 3.05) is 26.6 Å². The van der Waals surface area contributed by atoms with Gasteiger partial charge in [-0.15, -0.1) is 0 Å². The maximum atomic E-state index is 13.2. The summed E-state index contributed by atoms with van der Waals surface area (Å²) in [5, 5.41) is 5.82. The summed E-state index contributed by atoms with van der Waals surface area (Å²) in [5.74, 6) is 0.695. The van der Waals surface area contributed by atoms with E-state index in [2.05, 4.69) is 10.6 Å². The second-order valence-electron chi connectivity index (χ2n) is 6.84. The topological polar surface area (TPSA) is 79.9 Å². The zero-order chi connectivity index (χ0) is 21.1. The number of nitrogens with zero attached hydrogens (tertiary/aromatic N) is 1. The van der Waals surface area contributed by atoms with Gasteiger partial charge < -0.3 is 25.0 Å². The molecule has 1 aliphatic rings. The van der Waals surface area contributed by atoms with E-state index >= 15 is 0 Å². The van der Waals surface area contributed by atoms with E-state index in [1.807, 2.05) is 37.3 Å². The van der Waals surface area contributed by atoms with Crippen molar-refractivity contribution in [2.45, 2.75) is 19.9 Å². The van der Waals surface area contributed by atoms with Crippen molar-refractivity contribution in [3.05, 3.63) is 64.9 Å². The standard InChI is InChI=1S/C22H25N3O4/c1-13-9-11-15(12-10-13)23-21(26)18-14(2)25(3)22(27)24-19(18)16-7-6-8-17(28-4)20(16)29-5/h6-12,19H,1-5H3,(H,23,26)(H,24,27). The summed E-state index contributed by atoms with van der Waals surface area (Å²) in [6.45, 7) is 3.73. The Balaban J connectivity index is 2.07. The van der Waals surface area contributed by atoms with Crippen molar-refractivity contribution in [2.24, 2.45) is 0 Å². The molecule has 1 unspecified atom stereocenters. The minimum Gasteiger partial charge on any atom is -0.493 e. The average molecular weight is 395 g/mol. The molecule has 0 aliphatic carbocycles. The number of carbonyl (C=O) groups is 2. The number of urea groups is 1. The molecule has 29 heavy (non-hydrogen) atoms. The number of ether oxygens (including phenoxy) is 2. The third-order valence-corrected chi connectivity index (χ3v) is 5.05. The Hall–Kier alpha value is -3.48. The molecule has 1 atom stereocenters. The first-order valence-electron chi connectivity index (χ1n) is 9.21. The van der Waals surface area contributed by atoms with Gasteiger partial charge in [0.25, 0.3) is 5.91 Å². The molecule has 2 N–H and O–H groups in total. The molecule has 7 heteroatoms. The maximum absolute atomic E-state index is 13.2. The van der Waals surface area contributed by atoms with E-state index in [9.17, 15) is 9.59 Å². The van der Waals surface area contributed by atoms with E-state index in [1.165, 1.54) is 12.0 Å². The summed E-state index contributed by atoms with van der Waals surface area (Å²) in [5.41, 5.74) is 3.41. The predicted molar refractivity (Wildman–Crippen MR) is 111 cm³/mol. The normalized spacial score (nSPS) is 16.4. The molecule has 3 amide bonds. The molecular weight excluding hydrogens is 370 g/mol. The fourth-order valence-corrected chi connectivity index (χ4v) is 3.34. The number of carbonyl (C=O) groups excluding carboxylic acids is 2. The van der Waals surface area contributed by atoms with Gasteiger partial charge in [0.2, 0.25) is 0 Å². The molecule has 0 bridgehead atoms. The Morgan fingerprint density at radius 2 is 1.76 bits per heavy atom. The first-order chi connectivity index (χ1) is 13.9. The van der Waals surface area contributed by atoms with Gasteiger partial charge in [0.05, 0.1) is 25.8 Å². The molecule has 0 aromatic heterocycles. The number of nitrogens with one attached hydrogen (secondary N) is 2. The van der Waals surface area contributed by atoms with Crippen LogP contribution < -0.4 is 20.1 Å². The SMILES string of the molecule is COc1cccc(C2NC(=O)N(C)C(C)=C2C(=O)Nc2ccc(C)cc2)c1OC. The number of rotatable bonds is 5. The van der Waals surface area contributed by atoms with Crippen LogP contribution in [0.5, 0.6) is 11.5 Å². The zero-order valence-corrected chi connectivity index (χ0v) is 17.2. The molecule has 3 rings (SSSR count). The van der Waals surface area contributed by atoms with E-state index in [4.69, 9.17) is 9.47 Å². The molecule has 1 heterocycles. The zero-order valence-electron chi connectivity index (χ0n) is 17.2. The fourth-order valence-electron chi connectivity index (χ4n) is 3.34. The summed E-state index contributed by atoms with van der Waals surface area (Å²) < 4.78 is 10.9. The van der Waals surface area contributed by atoms with Crippen LogP contribution in [0.3, 0.4) is 0 Å². The van der Waals surface area contributed by atoms with E-state index in [1.54, 1.807) is 33.2 Å².